The minimum absolute atomic E-state index is 0.0573. The minimum atomic E-state index is -0.264. The maximum Gasteiger partial charge on any atom is 0.293 e. The Hall–Kier alpha value is -2.74. The van der Waals surface area contributed by atoms with Crippen LogP contribution in [0.25, 0.3) is 11.0 Å². The van der Waals surface area contributed by atoms with Crippen LogP contribution < -0.4 is 10.5 Å². The smallest absolute Gasteiger partial charge is 0.293 e. The summed E-state index contributed by atoms with van der Waals surface area (Å²) in [4.78, 5) is 25.1. The van der Waals surface area contributed by atoms with Gasteiger partial charge in [0, 0.05) is 64.8 Å². The third-order valence-electron chi connectivity index (χ3n) is 4.91. The number of imidazole rings is 1. The fourth-order valence-corrected chi connectivity index (χ4v) is 3.35. The summed E-state index contributed by atoms with van der Waals surface area (Å²) in [5, 5.41) is 0. The first-order valence-corrected chi connectivity index (χ1v) is 8.71. The van der Waals surface area contributed by atoms with Crippen molar-refractivity contribution in [1.82, 2.24) is 24.0 Å². The van der Waals surface area contributed by atoms with Crippen LogP contribution in [-0.4, -0.2) is 56.7 Å². The number of fused-ring (bicyclic) bond motifs is 1. The SMILES string of the molecule is Cn1ccnc(N2CCN(CCn3cnc4cc(F)ccc43)CC2)c1=O. The molecule has 0 saturated carbocycles. The average molecular weight is 356 g/mol. The van der Waals surface area contributed by atoms with Gasteiger partial charge in [-0.3, -0.25) is 9.69 Å². The Morgan fingerprint density at radius 3 is 2.73 bits per heavy atom. The summed E-state index contributed by atoms with van der Waals surface area (Å²) in [6.45, 7) is 5.00. The van der Waals surface area contributed by atoms with Crippen LogP contribution in [0.5, 0.6) is 0 Å². The van der Waals surface area contributed by atoms with Crippen LogP contribution in [0.2, 0.25) is 0 Å². The Morgan fingerprint density at radius 2 is 1.92 bits per heavy atom. The van der Waals surface area contributed by atoms with E-state index in [2.05, 4.69) is 19.4 Å². The molecule has 0 unspecified atom stereocenters. The number of rotatable bonds is 4. The van der Waals surface area contributed by atoms with Crippen molar-refractivity contribution in [1.29, 1.82) is 0 Å². The molecule has 1 aliphatic rings. The summed E-state index contributed by atoms with van der Waals surface area (Å²) in [7, 11) is 1.74. The van der Waals surface area contributed by atoms with E-state index in [0.29, 0.717) is 11.3 Å². The molecule has 7 nitrogen and oxygen atoms in total. The number of anilines is 1. The van der Waals surface area contributed by atoms with E-state index in [9.17, 15) is 9.18 Å². The van der Waals surface area contributed by atoms with Crippen molar-refractivity contribution in [3.05, 3.63) is 53.1 Å². The van der Waals surface area contributed by atoms with Gasteiger partial charge in [0.25, 0.3) is 5.56 Å². The highest BCUT2D eigenvalue weighted by Gasteiger charge is 2.20. The lowest BCUT2D eigenvalue weighted by molar-refractivity contribution is 0.248. The van der Waals surface area contributed by atoms with Gasteiger partial charge >= 0.3 is 0 Å². The minimum Gasteiger partial charge on any atom is -0.349 e. The van der Waals surface area contributed by atoms with Gasteiger partial charge in [0.15, 0.2) is 5.82 Å². The summed E-state index contributed by atoms with van der Waals surface area (Å²) in [5.74, 6) is 0.261. The molecule has 26 heavy (non-hydrogen) atoms. The summed E-state index contributed by atoms with van der Waals surface area (Å²) >= 11 is 0. The van der Waals surface area contributed by atoms with Crippen molar-refractivity contribution in [2.45, 2.75) is 6.54 Å². The summed E-state index contributed by atoms with van der Waals surface area (Å²) in [6.07, 6.45) is 5.09. The van der Waals surface area contributed by atoms with E-state index in [1.807, 2.05) is 4.90 Å². The molecule has 136 valence electrons. The molecule has 0 N–H and O–H groups in total. The molecule has 1 aromatic carbocycles. The first-order chi connectivity index (χ1) is 12.6. The van der Waals surface area contributed by atoms with E-state index < -0.39 is 0 Å². The molecule has 0 aliphatic carbocycles. The average Bonchev–Trinajstić information content (AvgIpc) is 3.05. The molecule has 3 aromatic rings. The molecule has 8 heteroatoms. The first-order valence-electron chi connectivity index (χ1n) is 8.71. The maximum absolute atomic E-state index is 13.3. The first kappa shape index (κ1) is 16.7. The van der Waals surface area contributed by atoms with Crippen LogP contribution in [-0.2, 0) is 13.6 Å². The lowest BCUT2D eigenvalue weighted by atomic mass is 10.3. The molecule has 0 amide bonds. The molecule has 1 aliphatic heterocycles. The second kappa shape index (κ2) is 6.87. The predicted molar refractivity (Wildman–Crippen MR) is 97.8 cm³/mol. The lowest BCUT2D eigenvalue weighted by Gasteiger charge is -2.35. The number of halogens is 1. The maximum atomic E-state index is 13.3. The molecule has 1 saturated heterocycles. The molecule has 0 spiro atoms. The zero-order valence-corrected chi connectivity index (χ0v) is 14.7. The highest BCUT2D eigenvalue weighted by atomic mass is 19.1. The van der Waals surface area contributed by atoms with Crippen LogP contribution in [0.1, 0.15) is 0 Å². The lowest BCUT2D eigenvalue weighted by Crippen LogP contribution is -2.49. The van der Waals surface area contributed by atoms with Crippen molar-refractivity contribution >= 4 is 16.9 Å². The molecule has 0 bridgehead atoms. The highest BCUT2D eigenvalue weighted by Crippen LogP contribution is 2.15. The van der Waals surface area contributed by atoms with Gasteiger partial charge in [-0.1, -0.05) is 0 Å². The number of benzene rings is 1. The van der Waals surface area contributed by atoms with Crippen LogP contribution in [0.3, 0.4) is 0 Å². The van der Waals surface area contributed by atoms with Crippen molar-refractivity contribution in [3.63, 3.8) is 0 Å². The van der Waals surface area contributed by atoms with Crippen molar-refractivity contribution < 1.29 is 4.39 Å². The normalized spacial score (nSPS) is 15.7. The standard InChI is InChI=1S/C18H21FN6O/c1-22-5-4-20-17(18(22)26)24-9-6-23(7-10-24)8-11-25-13-21-15-12-14(19)2-3-16(15)25/h2-5,12-13H,6-11H2,1H3. The number of aromatic nitrogens is 4. The Morgan fingerprint density at radius 1 is 1.12 bits per heavy atom. The Bertz CT molecular complexity index is 973. The number of nitrogens with zero attached hydrogens (tertiary/aromatic N) is 6. The number of piperazine rings is 1. The van der Waals surface area contributed by atoms with E-state index in [1.54, 1.807) is 36.4 Å². The zero-order valence-electron chi connectivity index (χ0n) is 14.7. The Balaban J connectivity index is 1.36. The summed E-state index contributed by atoms with van der Waals surface area (Å²) in [6, 6.07) is 4.69. The van der Waals surface area contributed by atoms with Gasteiger partial charge in [-0.05, 0) is 12.1 Å². The van der Waals surface area contributed by atoms with Crippen LogP contribution in [0, 0.1) is 5.82 Å². The van der Waals surface area contributed by atoms with Gasteiger partial charge in [-0.2, -0.15) is 0 Å². The van der Waals surface area contributed by atoms with E-state index in [4.69, 9.17) is 0 Å². The van der Waals surface area contributed by atoms with E-state index in [-0.39, 0.29) is 11.4 Å². The highest BCUT2D eigenvalue weighted by molar-refractivity contribution is 5.75. The van der Waals surface area contributed by atoms with E-state index in [1.165, 1.54) is 12.1 Å². The van der Waals surface area contributed by atoms with Gasteiger partial charge in [-0.25, -0.2) is 14.4 Å². The molecular weight excluding hydrogens is 335 g/mol. The quantitative estimate of drug-likeness (QED) is 0.700. The topological polar surface area (TPSA) is 59.2 Å². The van der Waals surface area contributed by atoms with Crippen LogP contribution in [0.15, 0.2) is 41.7 Å². The van der Waals surface area contributed by atoms with Crippen LogP contribution in [0.4, 0.5) is 10.2 Å². The van der Waals surface area contributed by atoms with Crippen molar-refractivity contribution in [2.75, 3.05) is 37.6 Å². The summed E-state index contributed by atoms with van der Waals surface area (Å²) in [5.41, 5.74) is 1.57. The second-order valence-corrected chi connectivity index (χ2v) is 6.57. The molecule has 1 fully saturated rings. The largest absolute Gasteiger partial charge is 0.349 e. The molecular formula is C18H21FN6O. The molecule has 0 radical (unpaired) electrons. The monoisotopic (exact) mass is 356 g/mol. The fraction of sp³-hybridized carbons (Fsp3) is 0.389. The molecule has 3 heterocycles. The molecule has 0 atom stereocenters. The van der Waals surface area contributed by atoms with Gasteiger partial charge in [-0.15, -0.1) is 0 Å². The van der Waals surface area contributed by atoms with Gasteiger partial charge in [0.1, 0.15) is 5.82 Å². The summed E-state index contributed by atoms with van der Waals surface area (Å²) < 4.78 is 16.9. The second-order valence-electron chi connectivity index (χ2n) is 6.57. The number of hydrogen-bond acceptors (Lipinski definition) is 5. The van der Waals surface area contributed by atoms with Gasteiger partial charge < -0.3 is 14.0 Å². The van der Waals surface area contributed by atoms with Crippen molar-refractivity contribution in [3.8, 4) is 0 Å². The third kappa shape index (κ3) is 3.20. The van der Waals surface area contributed by atoms with Gasteiger partial charge in [0.05, 0.1) is 17.4 Å². The Kier molecular flexibility index (Phi) is 4.42. The third-order valence-corrected chi connectivity index (χ3v) is 4.91. The zero-order chi connectivity index (χ0) is 18.1. The fourth-order valence-electron chi connectivity index (χ4n) is 3.35. The Labute approximate surface area is 150 Å². The van der Waals surface area contributed by atoms with Crippen LogP contribution >= 0.6 is 0 Å². The number of aryl methyl sites for hydroxylation is 1. The van der Waals surface area contributed by atoms with Gasteiger partial charge in [0.2, 0.25) is 0 Å². The van der Waals surface area contributed by atoms with Crippen molar-refractivity contribution in [2.24, 2.45) is 7.05 Å². The van der Waals surface area contributed by atoms with E-state index in [0.717, 1.165) is 44.8 Å². The predicted octanol–water partition coefficient (Wildman–Crippen LogP) is 1.09. The molecule has 4 rings (SSSR count). The number of hydrogen-bond donors (Lipinski definition) is 0. The molecule has 2 aromatic heterocycles. The van der Waals surface area contributed by atoms with E-state index >= 15 is 0 Å².